The monoisotopic (exact) mass is 288 g/mol. The molecule has 0 bridgehead atoms. The number of hydrogen-bond acceptors (Lipinski definition) is 3. The lowest BCUT2D eigenvalue weighted by atomic mass is 9.85. The van der Waals surface area contributed by atoms with Crippen LogP contribution in [-0.4, -0.2) is 39.6 Å². The van der Waals surface area contributed by atoms with Crippen molar-refractivity contribution in [2.24, 2.45) is 5.92 Å². The van der Waals surface area contributed by atoms with E-state index < -0.39 is 0 Å². The number of nitrogens with one attached hydrogen (secondary N) is 2. The Kier molecular flexibility index (Phi) is 4.36. The molecule has 3 rings (SSSR count). The summed E-state index contributed by atoms with van der Waals surface area (Å²) >= 11 is 0. The van der Waals surface area contributed by atoms with Crippen LogP contribution < -0.4 is 0 Å². The minimum Gasteiger partial charge on any atom is -0.348 e. The summed E-state index contributed by atoms with van der Waals surface area (Å²) in [6.07, 6.45) is 11.2. The summed E-state index contributed by atoms with van der Waals surface area (Å²) < 4.78 is 0. The molecular weight excluding hydrogens is 264 g/mol. The third-order valence-electron chi connectivity index (χ3n) is 4.99. The van der Waals surface area contributed by atoms with Gasteiger partial charge in [0.25, 0.3) is 5.91 Å². The molecule has 1 amide bonds. The van der Waals surface area contributed by atoms with E-state index >= 15 is 0 Å². The molecule has 1 aliphatic heterocycles. The second-order valence-electron chi connectivity index (χ2n) is 6.32. The standard InChI is InChI=1S/C16H24N4O/c17-15(13-4-2-1-3-5-13)16(21)20-8-6-12(7-9-20)14-10-18-11-19-14/h10-13,17H,1-9H2,(H,18,19). The van der Waals surface area contributed by atoms with Gasteiger partial charge in [-0.1, -0.05) is 19.3 Å². The lowest BCUT2D eigenvalue weighted by molar-refractivity contribution is -0.125. The van der Waals surface area contributed by atoms with E-state index in [-0.39, 0.29) is 11.8 Å². The topological polar surface area (TPSA) is 72.8 Å². The van der Waals surface area contributed by atoms with Crippen LogP contribution in [0.1, 0.15) is 56.6 Å². The van der Waals surface area contributed by atoms with Crippen LogP contribution in [0.15, 0.2) is 12.5 Å². The van der Waals surface area contributed by atoms with Crippen LogP contribution >= 0.6 is 0 Å². The minimum atomic E-state index is -0.0232. The first-order chi connectivity index (χ1) is 10.3. The van der Waals surface area contributed by atoms with Crippen molar-refractivity contribution in [3.05, 3.63) is 18.2 Å². The zero-order chi connectivity index (χ0) is 14.7. The van der Waals surface area contributed by atoms with Gasteiger partial charge in [0.05, 0.1) is 12.0 Å². The molecule has 1 aromatic heterocycles. The van der Waals surface area contributed by atoms with Crippen LogP contribution in [-0.2, 0) is 4.79 Å². The molecular formula is C16H24N4O. The van der Waals surface area contributed by atoms with Crippen LogP contribution in [0.2, 0.25) is 0 Å². The number of nitrogens with zero attached hydrogens (tertiary/aromatic N) is 2. The summed E-state index contributed by atoms with van der Waals surface area (Å²) in [4.78, 5) is 21.6. The summed E-state index contributed by atoms with van der Waals surface area (Å²) in [5, 5.41) is 8.21. The van der Waals surface area contributed by atoms with Gasteiger partial charge in [-0.2, -0.15) is 0 Å². The molecule has 1 saturated carbocycles. The molecule has 0 atom stereocenters. The van der Waals surface area contributed by atoms with Crippen molar-refractivity contribution in [1.29, 1.82) is 5.41 Å². The predicted octanol–water partition coefficient (Wildman–Crippen LogP) is 2.72. The molecule has 1 saturated heterocycles. The van der Waals surface area contributed by atoms with Gasteiger partial charge in [0.2, 0.25) is 0 Å². The van der Waals surface area contributed by atoms with Gasteiger partial charge in [-0.3, -0.25) is 10.2 Å². The molecule has 2 aliphatic rings. The first-order valence-corrected chi connectivity index (χ1v) is 8.11. The molecule has 0 radical (unpaired) electrons. The number of imidazole rings is 1. The molecule has 5 nitrogen and oxygen atoms in total. The Morgan fingerprint density at radius 1 is 1.19 bits per heavy atom. The zero-order valence-corrected chi connectivity index (χ0v) is 12.5. The van der Waals surface area contributed by atoms with E-state index in [0.29, 0.717) is 11.6 Å². The Balaban J connectivity index is 1.53. The van der Waals surface area contributed by atoms with Crippen molar-refractivity contribution >= 4 is 11.6 Å². The highest BCUT2D eigenvalue weighted by atomic mass is 16.2. The number of likely N-dealkylation sites (tertiary alicyclic amines) is 1. The SMILES string of the molecule is N=C(C(=O)N1CCC(c2cnc[nH]2)CC1)C1CCCCC1. The van der Waals surface area contributed by atoms with E-state index in [1.165, 1.54) is 25.0 Å². The van der Waals surface area contributed by atoms with Crippen LogP contribution in [0.25, 0.3) is 0 Å². The molecule has 1 aromatic rings. The molecule has 2 N–H and O–H groups in total. The van der Waals surface area contributed by atoms with Gasteiger partial charge in [-0.05, 0) is 25.7 Å². The van der Waals surface area contributed by atoms with Gasteiger partial charge in [0.15, 0.2) is 0 Å². The van der Waals surface area contributed by atoms with Crippen molar-refractivity contribution in [3.63, 3.8) is 0 Å². The normalized spacial score (nSPS) is 21.4. The number of carbonyl (C=O) groups is 1. The quantitative estimate of drug-likeness (QED) is 0.839. The molecule has 2 fully saturated rings. The average Bonchev–Trinajstić information content (AvgIpc) is 3.09. The Hall–Kier alpha value is -1.65. The van der Waals surface area contributed by atoms with Crippen LogP contribution in [0.3, 0.4) is 0 Å². The van der Waals surface area contributed by atoms with Crippen molar-refractivity contribution in [2.45, 2.75) is 50.9 Å². The predicted molar refractivity (Wildman–Crippen MR) is 81.4 cm³/mol. The first kappa shape index (κ1) is 14.3. The Morgan fingerprint density at radius 3 is 2.52 bits per heavy atom. The third-order valence-corrected chi connectivity index (χ3v) is 4.99. The Morgan fingerprint density at radius 2 is 1.90 bits per heavy atom. The number of carbonyl (C=O) groups excluding carboxylic acids is 1. The number of hydrogen-bond donors (Lipinski definition) is 2. The highest BCUT2D eigenvalue weighted by molar-refractivity contribution is 6.38. The molecule has 0 unspecified atom stereocenters. The largest absolute Gasteiger partial charge is 0.348 e. The van der Waals surface area contributed by atoms with Crippen LogP contribution in [0.4, 0.5) is 0 Å². The maximum Gasteiger partial charge on any atom is 0.267 e. The summed E-state index contributed by atoms with van der Waals surface area (Å²) in [7, 11) is 0. The van der Waals surface area contributed by atoms with Gasteiger partial charge < -0.3 is 9.88 Å². The van der Waals surface area contributed by atoms with Crippen LogP contribution in [0.5, 0.6) is 0 Å². The second-order valence-corrected chi connectivity index (χ2v) is 6.32. The third kappa shape index (κ3) is 3.17. The molecule has 0 aromatic carbocycles. The van der Waals surface area contributed by atoms with E-state index in [1.54, 1.807) is 6.33 Å². The van der Waals surface area contributed by atoms with Gasteiger partial charge in [-0.15, -0.1) is 0 Å². The fourth-order valence-electron chi connectivity index (χ4n) is 3.62. The molecule has 114 valence electrons. The van der Waals surface area contributed by atoms with Crippen LogP contribution in [0, 0.1) is 11.3 Å². The van der Waals surface area contributed by atoms with Crippen molar-refractivity contribution < 1.29 is 4.79 Å². The second kappa shape index (κ2) is 6.41. The molecule has 0 spiro atoms. The van der Waals surface area contributed by atoms with E-state index in [4.69, 9.17) is 5.41 Å². The Bertz CT molecular complexity index is 482. The maximum atomic E-state index is 12.5. The summed E-state index contributed by atoms with van der Waals surface area (Å²) in [6, 6.07) is 0. The first-order valence-electron chi connectivity index (χ1n) is 8.11. The van der Waals surface area contributed by atoms with E-state index in [9.17, 15) is 4.79 Å². The van der Waals surface area contributed by atoms with Gasteiger partial charge in [0, 0.05) is 36.8 Å². The molecule has 2 heterocycles. The molecule has 21 heavy (non-hydrogen) atoms. The number of rotatable bonds is 3. The molecule has 1 aliphatic carbocycles. The summed E-state index contributed by atoms with van der Waals surface area (Å²) in [5.74, 6) is 0.655. The number of aromatic amines is 1. The minimum absolute atomic E-state index is 0.0232. The number of H-pyrrole nitrogens is 1. The smallest absolute Gasteiger partial charge is 0.267 e. The van der Waals surface area contributed by atoms with E-state index in [1.807, 2.05) is 11.1 Å². The van der Waals surface area contributed by atoms with Gasteiger partial charge in [-0.25, -0.2) is 4.98 Å². The zero-order valence-electron chi connectivity index (χ0n) is 12.5. The number of piperidine rings is 1. The van der Waals surface area contributed by atoms with Gasteiger partial charge in [0.1, 0.15) is 0 Å². The molecule has 5 heteroatoms. The number of aromatic nitrogens is 2. The van der Waals surface area contributed by atoms with E-state index in [2.05, 4.69) is 9.97 Å². The fourth-order valence-corrected chi connectivity index (χ4v) is 3.62. The summed E-state index contributed by atoms with van der Waals surface area (Å²) in [6.45, 7) is 1.52. The average molecular weight is 288 g/mol. The van der Waals surface area contributed by atoms with Crippen molar-refractivity contribution in [2.75, 3.05) is 13.1 Å². The highest BCUT2D eigenvalue weighted by Gasteiger charge is 2.30. The Labute approximate surface area is 125 Å². The van der Waals surface area contributed by atoms with Crippen molar-refractivity contribution in [1.82, 2.24) is 14.9 Å². The number of amides is 1. The fraction of sp³-hybridized carbons (Fsp3) is 0.688. The maximum absolute atomic E-state index is 12.5. The lowest BCUT2D eigenvalue weighted by Gasteiger charge is -2.33. The van der Waals surface area contributed by atoms with Gasteiger partial charge >= 0.3 is 0 Å². The van der Waals surface area contributed by atoms with Crippen molar-refractivity contribution in [3.8, 4) is 0 Å². The van der Waals surface area contributed by atoms with E-state index in [0.717, 1.165) is 38.8 Å². The lowest BCUT2D eigenvalue weighted by Crippen LogP contribution is -2.43. The highest BCUT2D eigenvalue weighted by Crippen LogP contribution is 2.28. The summed E-state index contributed by atoms with van der Waals surface area (Å²) in [5.41, 5.74) is 1.53.